The lowest BCUT2D eigenvalue weighted by atomic mass is 9.87. The Labute approximate surface area is 146 Å². The summed E-state index contributed by atoms with van der Waals surface area (Å²) in [4.78, 5) is 12.3. The van der Waals surface area contributed by atoms with Crippen molar-refractivity contribution in [1.29, 1.82) is 0 Å². The molecule has 1 aromatic heterocycles. The first-order chi connectivity index (χ1) is 12.0. The summed E-state index contributed by atoms with van der Waals surface area (Å²) in [6.07, 6.45) is 2.16. The molecular formula is C18H23N3O4. The Morgan fingerprint density at radius 1 is 1.16 bits per heavy atom. The predicted octanol–water partition coefficient (Wildman–Crippen LogP) is 2.96. The van der Waals surface area contributed by atoms with Gasteiger partial charge < -0.3 is 19.5 Å². The average Bonchev–Trinajstić information content (AvgIpc) is 3.03. The van der Waals surface area contributed by atoms with Gasteiger partial charge in [0.05, 0.1) is 27.5 Å². The quantitative estimate of drug-likeness (QED) is 0.902. The standard InChI is InChI=1S/C18H23N3O4/c1-10(2)21-18-13(9-19-21)12(8-16(22)20-18)11-6-14(23-3)17(25-5)15(7-11)24-4/h6-7,9-10,12H,8H2,1-5H3,(H,20,22). The zero-order chi connectivity index (χ0) is 18.1. The van der Waals surface area contributed by atoms with Crippen molar-refractivity contribution in [2.24, 2.45) is 0 Å². The molecule has 1 atom stereocenters. The minimum absolute atomic E-state index is 0.0337. The molecule has 0 aliphatic carbocycles. The second-order valence-corrected chi connectivity index (χ2v) is 6.25. The number of ether oxygens (including phenoxy) is 3. The summed E-state index contributed by atoms with van der Waals surface area (Å²) in [7, 11) is 4.73. The van der Waals surface area contributed by atoms with Crippen LogP contribution in [0.25, 0.3) is 0 Å². The molecule has 1 aliphatic heterocycles. The van der Waals surface area contributed by atoms with E-state index < -0.39 is 0 Å². The number of carbonyl (C=O) groups excluding carboxylic acids is 1. The molecule has 2 aromatic rings. The van der Waals surface area contributed by atoms with Crippen LogP contribution in [0.1, 0.15) is 43.4 Å². The third kappa shape index (κ3) is 2.90. The fourth-order valence-electron chi connectivity index (χ4n) is 3.23. The number of methoxy groups -OCH3 is 3. The molecule has 134 valence electrons. The van der Waals surface area contributed by atoms with Gasteiger partial charge in [-0.2, -0.15) is 5.10 Å². The first-order valence-corrected chi connectivity index (χ1v) is 8.17. The number of hydrogen-bond acceptors (Lipinski definition) is 5. The van der Waals surface area contributed by atoms with E-state index in [9.17, 15) is 4.79 Å². The molecule has 1 N–H and O–H groups in total. The number of aromatic nitrogens is 2. The Hall–Kier alpha value is -2.70. The predicted molar refractivity (Wildman–Crippen MR) is 93.8 cm³/mol. The summed E-state index contributed by atoms with van der Waals surface area (Å²) in [5.74, 6) is 2.27. The van der Waals surface area contributed by atoms with E-state index in [1.165, 1.54) is 0 Å². The monoisotopic (exact) mass is 345 g/mol. The van der Waals surface area contributed by atoms with Crippen LogP contribution in [-0.2, 0) is 4.79 Å². The number of rotatable bonds is 5. The van der Waals surface area contributed by atoms with Crippen LogP contribution in [0.4, 0.5) is 5.82 Å². The van der Waals surface area contributed by atoms with Gasteiger partial charge in [0.1, 0.15) is 5.82 Å². The summed E-state index contributed by atoms with van der Waals surface area (Å²) in [5, 5.41) is 7.38. The zero-order valence-electron chi connectivity index (χ0n) is 15.1. The topological polar surface area (TPSA) is 74.6 Å². The van der Waals surface area contributed by atoms with Crippen molar-refractivity contribution in [1.82, 2.24) is 9.78 Å². The van der Waals surface area contributed by atoms with Crippen LogP contribution in [-0.4, -0.2) is 37.0 Å². The van der Waals surface area contributed by atoms with Crippen LogP contribution in [0, 0.1) is 0 Å². The van der Waals surface area contributed by atoms with Gasteiger partial charge >= 0.3 is 0 Å². The van der Waals surface area contributed by atoms with Crippen LogP contribution in [0.2, 0.25) is 0 Å². The first kappa shape index (κ1) is 17.1. The maximum Gasteiger partial charge on any atom is 0.226 e. The van der Waals surface area contributed by atoms with Gasteiger partial charge in [0.25, 0.3) is 0 Å². The highest BCUT2D eigenvalue weighted by atomic mass is 16.5. The molecule has 0 saturated carbocycles. The molecule has 1 aliphatic rings. The van der Waals surface area contributed by atoms with Crippen molar-refractivity contribution in [2.75, 3.05) is 26.6 Å². The number of hydrogen-bond donors (Lipinski definition) is 1. The summed E-state index contributed by atoms with van der Waals surface area (Å²) in [6.45, 7) is 4.06. The summed E-state index contributed by atoms with van der Waals surface area (Å²) >= 11 is 0. The van der Waals surface area contributed by atoms with Crippen LogP contribution >= 0.6 is 0 Å². The van der Waals surface area contributed by atoms with Gasteiger partial charge in [-0.05, 0) is 31.5 Å². The van der Waals surface area contributed by atoms with Gasteiger partial charge in [-0.25, -0.2) is 4.68 Å². The highest BCUT2D eigenvalue weighted by Gasteiger charge is 2.31. The second kappa shape index (κ2) is 6.66. The number of carbonyl (C=O) groups is 1. The van der Waals surface area contributed by atoms with E-state index in [1.807, 2.05) is 36.9 Å². The van der Waals surface area contributed by atoms with E-state index in [-0.39, 0.29) is 17.9 Å². The minimum atomic E-state index is -0.120. The molecule has 7 nitrogen and oxygen atoms in total. The number of nitrogens with zero attached hydrogens (tertiary/aromatic N) is 2. The summed E-state index contributed by atoms with van der Waals surface area (Å²) in [6, 6.07) is 3.94. The lowest BCUT2D eigenvalue weighted by Crippen LogP contribution is -2.25. The molecule has 0 saturated heterocycles. The van der Waals surface area contributed by atoms with Crippen molar-refractivity contribution in [3.8, 4) is 17.2 Å². The van der Waals surface area contributed by atoms with Crippen molar-refractivity contribution in [2.45, 2.75) is 32.2 Å². The van der Waals surface area contributed by atoms with Gasteiger partial charge in [0, 0.05) is 23.9 Å². The van der Waals surface area contributed by atoms with Crippen LogP contribution in [0.3, 0.4) is 0 Å². The fourth-order valence-corrected chi connectivity index (χ4v) is 3.23. The van der Waals surface area contributed by atoms with E-state index >= 15 is 0 Å². The van der Waals surface area contributed by atoms with Crippen molar-refractivity contribution in [3.63, 3.8) is 0 Å². The van der Waals surface area contributed by atoms with Crippen molar-refractivity contribution < 1.29 is 19.0 Å². The maximum atomic E-state index is 12.3. The number of benzene rings is 1. The molecule has 7 heteroatoms. The van der Waals surface area contributed by atoms with E-state index in [0.29, 0.717) is 23.7 Å². The SMILES string of the molecule is COc1cc(C2CC(=O)Nc3c2cnn3C(C)C)cc(OC)c1OC. The molecule has 1 unspecified atom stereocenters. The summed E-state index contributed by atoms with van der Waals surface area (Å²) in [5.41, 5.74) is 1.91. The van der Waals surface area contributed by atoms with Gasteiger partial charge in [-0.3, -0.25) is 4.79 Å². The second-order valence-electron chi connectivity index (χ2n) is 6.25. The van der Waals surface area contributed by atoms with Crippen LogP contribution < -0.4 is 19.5 Å². The molecule has 25 heavy (non-hydrogen) atoms. The number of amides is 1. The highest BCUT2D eigenvalue weighted by molar-refractivity contribution is 5.94. The summed E-state index contributed by atoms with van der Waals surface area (Å²) < 4.78 is 18.1. The number of nitrogens with one attached hydrogen (secondary N) is 1. The molecule has 2 heterocycles. The van der Waals surface area contributed by atoms with Crippen molar-refractivity contribution >= 4 is 11.7 Å². The number of fused-ring (bicyclic) bond motifs is 1. The largest absolute Gasteiger partial charge is 0.493 e. The third-order valence-electron chi connectivity index (χ3n) is 4.43. The Morgan fingerprint density at radius 3 is 2.32 bits per heavy atom. The Kier molecular flexibility index (Phi) is 4.57. The van der Waals surface area contributed by atoms with Gasteiger partial charge in [-0.15, -0.1) is 0 Å². The minimum Gasteiger partial charge on any atom is -0.493 e. The number of anilines is 1. The van der Waals surface area contributed by atoms with E-state index in [4.69, 9.17) is 14.2 Å². The molecule has 3 rings (SSSR count). The van der Waals surface area contributed by atoms with E-state index in [2.05, 4.69) is 10.4 Å². The Morgan fingerprint density at radius 2 is 1.80 bits per heavy atom. The average molecular weight is 345 g/mol. The van der Waals surface area contributed by atoms with Gasteiger partial charge in [0.2, 0.25) is 11.7 Å². The third-order valence-corrected chi connectivity index (χ3v) is 4.43. The lowest BCUT2D eigenvalue weighted by Gasteiger charge is -2.25. The molecule has 0 spiro atoms. The molecule has 0 bridgehead atoms. The molecular weight excluding hydrogens is 322 g/mol. The van der Waals surface area contributed by atoms with Crippen LogP contribution in [0.15, 0.2) is 18.3 Å². The molecule has 1 aromatic carbocycles. The molecule has 0 radical (unpaired) electrons. The maximum absolute atomic E-state index is 12.3. The lowest BCUT2D eigenvalue weighted by molar-refractivity contribution is -0.116. The first-order valence-electron chi connectivity index (χ1n) is 8.17. The van der Waals surface area contributed by atoms with Gasteiger partial charge in [-0.1, -0.05) is 0 Å². The zero-order valence-corrected chi connectivity index (χ0v) is 15.1. The van der Waals surface area contributed by atoms with Gasteiger partial charge in [0.15, 0.2) is 11.5 Å². The van der Waals surface area contributed by atoms with Crippen LogP contribution in [0.5, 0.6) is 17.2 Å². The normalized spacial score (nSPS) is 16.4. The molecule has 1 amide bonds. The Bertz CT molecular complexity index is 773. The van der Waals surface area contributed by atoms with E-state index in [0.717, 1.165) is 16.9 Å². The van der Waals surface area contributed by atoms with E-state index in [1.54, 1.807) is 21.3 Å². The fraction of sp³-hybridized carbons (Fsp3) is 0.444. The smallest absolute Gasteiger partial charge is 0.226 e. The van der Waals surface area contributed by atoms with Crippen molar-refractivity contribution in [3.05, 3.63) is 29.5 Å². The highest BCUT2D eigenvalue weighted by Crippen LogP contribution is 2.44. The Balaban J connectivity index is 2.13. The molecule has 0 fully saturated rings.